The van der Waals surface area contributed by atoms with Crippen LogP contribution in [0.3, 0.4) is 0 Å². The summed E-state index contributed by atoms with van der Waals surface area (Å²) < 4.78 is 5.59. The number of ether oxygens (including phenoxy) is 1. The first-order valence-corrected chi connectivity index (χ1v) is 6.51. The summed E-state index contributed by atoms with van der Waals surface area (Å²) in [6, 6.07) is 9.35. The normalized spacial score (nSPS) is 23.2. The SMILES string of the molecule is NCC(=O)N1CCCC(O)(COc2ccccc2)C1. The molecule has 1 aromatic carbocycles. The smallest absolute Gasteiger partial charge is 0.236 e. The fourth-order valence-electron chi connectivity index (χ4n) is 2.31. The lowest BCUT2D eigenvalue weighted by molar-refractivity contribution is -0.138. The summed E-state index contributed by atoms with van der Waals surface area (Å²) >= 11 is 0. The summed E-state index contributed by atoms with van der Waals surface area (Å²) in [7, 11) is 0. The average Bonchev–Trinajstić information content (AvgIpc) is 2.45. The molecule has 1 saturated heterocycles. The van der Waals surface area contributed by atoms with E-state index >= 15 is 0 Å². The van der Waals surface area contributed by atoms with E-state index in [9.17, 15) is 9.90 Å². The number of hydrogen-bond donors (Lipinski definition) is 2. The number of benzene rings is 1. The lowest BCUT2D eigenvalue weighted by atomic mass is 9.93. The van der Waals surface area contributed by atoms with E-state index < -0.39 is 5.60 Å². The second-order valence-corrected chi connectivity index (χ2v) is 4.95. The maximum absolute atomic E-state index is 11.6. The van der Waals surface area contributed by atoms with Crippen LogP contribution in [0.4, 0.5) is 0 Å². The largest absolute Gasteiger partial charge is 0.491 e. The molecule has 0 aromatic heterocycles. The number of nitrogens with zero attached hydrogens (tertiary/aromatic N) is 1. The van der Waals surface area contributed by atoms with Crippen LogP contribution in [0.15, 0.2) is 30.3 Å². The van der Waals surface area contributed by atoms with Gasteiger partial charge < -0.3 is 20.5 Å². The molecule has 1 aliphatic rings. The Morgan fingerprint density at radius 1 is 1.42 bits per heavy atom. The van der Waals surface area contributed by atoms with Gasteiger partial charge in [-0.2, -0.15) is 0 Å². The highest BCUT2D eigenvalue weighted by atomic mass is 16.5. The molecule has 1 fully saturated rings. The van der Waals surface area contributed by atoms with Crippen LogP contribution in [0, 0.1) is 0 Å². The highest BCUT2D eigenvalue weighted by Gasteiger charge is 2.35. The molecule has 1 unspecified atom stereocenters. The number of nitrogens with two attached hydrogens (primary N) is 1. The first kappa shape index (κ1) is 13.8. The van der Waals surface area contributed by atoms with Crippen LogP contribution in [-0.4, -0.2) is 47.8 Å². The van der Waals surface area contributed by atoms with Crippen LogP contribution in [0.5, 0.6) is 5.75 Å². The van der Waals surface area contributed by atoms with Gasteiger partial charge in [-0.3, -0.25) is 4.79 Å². The highest BCUT2D eigenvalue weighted by molar-refractivity contribution is 5.78. The molecule has 1 amide bonds. The lowest BCUT2D eigenvalue weighted by Crippen LogP contribution is -2.54. The second-order valence-electron chi connectivity index (χ2n) is 4.95. The van der Waals surface area contributed by atoms with E-state index in [0.717, 1.165) is 12.2 Å². The minimum Gasteiger partial charge on any atom is -0.491 e. The van der Waals surface area contributed by atoms with Crippen molar-refractivity contribution in [1.82, 2.24) is 4.90 Å². The fourth-order valence-corrected chi connectivity index (χ4v) is 2.31. The van der Waals surface area contributed by atoms with E-state index in [2.05, 4.69) is 0 Å². The molecule has 0 radical (unpaired) electrons. The van der Waals surface area contributed by atoms with Gasteiger partial charge in [0.15, 0.2) is 0 Å². The van der Waals surface area contributed by atoms with Gasteiger partial charge in [0.05, 0.1) is 13.1 Å². The molecule has 0 aliphatic carbocycles. The predicted molar refractivity (Wildman–Crippen MR) is 71.8 cm³/mol. The lowest BCUT2D eigenvalue weighted by Gasteiger charge is -2.38. The third kappa shape index (κ3) is 3.68. The van der Waals surface area contributed by atoms with Crippen molar-refractivity contribution < 1.29 is 14.6 Å². The number of piperidine rings is 1. The van der Waals surface area contributed by atoms with E-state index in [1.54, 1.807) is 4.90 Å². The van der Waals surface area contributed by atoms with E-state index in [0.29, 0.717) is 13.0 Å². The van der Waals surface area contributed by atoms with Gasteiger partial charge in [0, 0.05) is 6.54 Å². The zero-order valence-electron chi connectivity index (χ0n) is 10.9. The van der Waals surface area contributed by atoms with Crippen molar-refractivity contribution in [3.8, 4) is 5.75 Å². The number of hydrogen-bond acceptors (Lipinski definition) is 4. The quantitative estimate of drug-likeness (QED) is 0.824. The van der Waals surface area contributed by atoms with Crippen molar-refractivity contribution in [3.63, 3.8) is 0 Å². The van der Waals surface area contributed by atoms with E-state index in [1.807, 2.05) is 30.3 Å². The molecule has 1 atom stereocenters. The average molecular weight is 264 g/mol. The second kappa shape index (κ2) is 6.04. The molecule has 2 rings (SSSR count). The maximum Gasteiger partial charge on any atom is 0.236 e. The number of carbonyl (C=O) groups is 1. The number of para-hydroxylation sites is 1. The Labute approximate surface area is 113 Å². The summed E-state index contributed by atoms with van der Waals surface area (Å²) in [6.45, 7) is 1.11. The van der Waals surface area contributed by atoms with E-state index in [-0.39, 0.29) is 25.6 Å². The fraction of sp³-hybridized carbons (Fsp3) is 0.500. The Bertz CT molecular complexity index is 424. The molecular weight excluding hydrogens is 244 g/mol. The first-order chi connectivity index (χ1) is 9.13. The number of carbonyl (C=O) groups excluding carboxylic acids is 1. The standard InChI is InChI=1S/C14H20N2O3/c15-9-13(17)16-8-4-7-14(18,10-16)11-19-12-5-2-1-3-6-12/h1-3,5-6,18H,4,7-11,15H2. The topological polar surface area (TPSA) is 75.8 Å². The highest BCUT2D eigenvalue weighted by Crippen LogP contribution is 2.22. The Morgan fingerprint density at radius 3 is 2.84 bits per heavy atom. The third-order valence-electron chi connectivity index (χ3n) is 3.33. The van der Waals surface area contributed by atoms with Crippen molar-refractivity contribution in [2.45, 2.75) is 18.4 Å². The minimum atomic E-state index is -0.987. The van der Waals surface area contributed by atoms with E-state index in [1.165, 1.54) is 0 Å². The number of aliphatic hydroxyl groups is 1. The van der Waals surface area contributed by atoms with Crippen molar-refractivity contribution in [2.75, 3.05) is 26.2 Å². The molecule has 104 valence electrons. The zero-order valence-corrected chi connectivity index (χ0v) is 10.9. The van der Waals surface area contributed by atoms with Crippen molar-refractivity contribution in [1.29, 1.82) is 0 Å². The predicted octanol–water partition coefficient (Wildman–Crippen LogP) is 0.378. The minimum absolute atomic E-state index is 0.0182. The Kier molecular flexibility index (Phi) is 4.39. The third-order valence-corrected chi connectivity index (χ3v) is 3.33. The van der Waals surface area contributed by atoms with Crippen LogP contribution in [0.25, 0.3) is 0 Å². The number of rotatable bonds is 4. The summed E-state index contributed by atoms with van der Waals surface area (Å²) in [5.74, 6) is 0.594. The zero-order chi connectivity index (χ0) is 13.7. The molecule has 0 saturated carbocycles. The molecule has 1 aromatic rings. The molecule has 5 heteroatoms. The van der Waals surface area contributed by atoms with Gasteiger partial charge in [0.1, 0.15) is 18.0 Å². The molecule has 1 heterocycles. The molecule has 3 N–H and O–H groups in total. The molecule has 5 nitrogen and oxygen atoms in total. The summed E-state index contributed by atoms with van der Waals surface area (Å²) in [4.78, 5) is 13.2. The van der Waals surface area contributed by atoms with Gasteiger partial charge in [-0.1, -0.05) is 18.2 Å². The molecule has 19 heavy (non-hydrogen) atoms. The van der Waals surface area contributed by atoms with Gasteiger partial charge in [-0.25, -0.2) is 0 Å². The van der Waals surface area contributed by atoms with Gasteiger partial charge in [0.25, 0.3) is 0 Å². The van der Waals surface area contributed by atoms with Gasteiger partial charge in [-0.05, 0) is 25.0 Å². The Morgan fingerprint density at radius 2 is 2.16 bits per heavy atom. The monoisotopic (exact) mass is 264 g/mol. The van der Waals surface area contributed by atoms with Crippen molar-refractivity contribution in [2.24, 2.45) is 5.73 Å². The van der Waals surface area contributed by atoms with Crippen molar-refractivity contribution >= 4 is 5.91 Å². The summed E-state index contributed by atoms with van der Waals surface area (Å²) in [5.41, 5.74) is 4.37. The first-order valence-electron chi connectivity index (χ1n) is 6.51. The van der Waals surface area contributed by atoms with Crippen LogP contribution < -0.4 is 10.5 Å². The molecule has 0 bridgehead atoms. The van der Waals surface area contributed by atoms with Crippen LogP contribution in [-0.2, 0) is 4.79 Å². The Hall–Kier alpha value is -1.59. The number of likely N-dealkylation sites (tertiary alicyclic amines) is 1. The van der Waals surface area contributed by atoms with Crippen LogP contribution >= 0.6 is 0 Å². The van der Waals surface area contributed by atoms with Gasteiger partial charge >= 0.3 is 0 Å². The summed E-state index contributed by atoms with van der Waals surface area (Å²) in [5, 5.41) is 10.5. The number of amides is 1. The van der Waals surface area contributed by atoms with Crippen LogP contribution in [0.2, 0.25) is 0 Å². The Balaban J connectivity index is 1.92. The van der Waals surface area contributed by atoms with Crippen molar-refractivity contribution in [3.05, 3.63) is 30.3 Å². The number of β-amino-alcohol motifs (C(OH)–C–C–N with tert-alkyl or cyclic N) is 1. The van der Waals surface area contributed by atoms with Gasteiger partial charge in [0.2, 0.25) is 5.91 Å². The summed E-state index contributed by atoms with van der Waals surface area (Å²) in [6.07, 6.45) is 1.40. The molecule has 0 spiro atoms. The molecule has 1 aliphatic heterocycles. The molecular formula is C14H20N2O3. The van der Waals surface area contributed by atoms with Crippen LogP contribution in [0.1, 0.15) is 12.8 Å². The van der Waals surface area contributed by atoms with E-state index in [4.69, 9.17) is 10.5 Å². The van der Waals surface area contributed by atoms with Gasteiger partial charge in [-0.15, -0.1) is 0 Å². The maximum atomic E-state index is 11.6.